The van der Waals surface area contributed by atoms with Gasteiger partial charge in [0.15, 0.2) is 0 Å². The highest BCUT2D eigenvalue weighted by molar-refractivity contribution is 6.12. The van der Waals surface area contributed by atoms with E-state index in [2.05, 4.69) is 23.8 Å². The molecule has 0 saturated heterocycles. The van der Waals surface area contributed by atoms with Crippen molar-refractivity contribution in [2.75, 3.05) is 28.2 Å². The van der Waals surface area contributed by atoms with Crippen LogP contribution in [0.5, 0.6) is 0 Å². The van der Waals surface area contributed by atoms with Gasteiger partial charge in [-0.3, -0.25) is 29.0 Å². The van der Waals surface area contributed by atoms with Gasteiger partial charge in [0.25, 0.3) is 11.8 Å². The lowest BCUT2D eigenvalue weighted by Gasteiger charge is -2.29. The van der Waals surface area contributed by atoms with Crippen molar-refractivity contribution in [1.82, 2.24) is 20.4 Å². The first-order chi connectivity index (χ1) is 12.9. The molecular formula is C20H38N4O4. The van der Waals surface area contributed by atoms with E-state index in [4.69, 9.17) is 0 Å². The lowest BCUT2D eigenvalue weighted by Crippen LogP contribution is -2.55. The number of nitrogens with zero attached hydrogens (tertiary/aromatic N) is 2. The summed E-state index contributed by atoms with van der Waals surface area (Å²) in [6.07, 6.45) is 2.50. The zero-order valence-corrected chi connectivity index (χ0v) is 18.4. The molecule has 1 aliphatic heterocycles. The minimum Gasteiger partial charge on any atom is -0.357 e. The molecule has 2 atom stereocenters. The van der Waals surface area contributed by atoms with Gasteiger partial charge in [-0.25, -0.2) is 0 Å². The average Bonchev–Trinajstić information content (AvgIpc) is 2.91. The Morgan fingerprint density at radius 3 is 1.64 bits per heavy atom. The maximum absolute atomic E-state index is 12.2. The van der Waals surface area contributed by atoms with E-state index in [1.165, 1.54) is 19.2 Å². The Bertz CT molecular complexity index is 551. The summed E-state index contributed by atoms with van der Waals surface area (Å²) in [5.41, 5.74) is 0. The molecule has 8 heteroatoms. The van der Waals surface area contributed by atoms with Crippen molar-refractivity contribution in [2.24, 2.45) is 11.8 Å². The minimum atomic E-state index is -0.483. The molecule has 1 heterocycles. The Balaban J connectivity index is -0.000000510. The van der Waals surface area contributed by atoms with E-state index in [1.54, 1.807) is 7.05 Å². The van der Waals surface area contributed by atoms with Crippen molar-refractivity contribution in [3.8, 4) is 0 Å². The van der Waals surface area contributed by atoms with E-state index in [0.29, 0.717) is 0 Å². The topological polar surface area (TPSA) is 98.8 Å². The molecule has 0 aromatic heterocycles. The lowest BCUT2D eigenvalue weighted by atomic mass is 9.99. The average molecular weight is 399 g/mol. The molecular weight excluding hydrogens is 360 g/mol. The largest absolute Gasteiger partial charge is 0.357 e. The summed E-state index contributed by atoms with van der Waals surface area (Å²) >= 11 is 0. The smallest absolute Gasteiger partial charge is 0.253 e. The van der Waals surface area contributed by atoms with Gasteiger partial charge >= 0.3 is 0 Å². The fourth-order valence-electron chi connectivity index (χ4n) is 2.54. The quantitative estimate of drug-likeness (QED) is 0.515. The SMILES string of the molecule is C=C.CN1C(=O)C=CC1=O.CNC(=O)[C@@H](NC(=O)[C@H](C(C)C)N(C)C)C(C)C.[HH]. The highest BCUT2D eigenvalue weighted by atomic mass is 16.2. The number of nitrogens with one attached hydrogen (secondary N) is 2. The predicted octanol–water partition coefficient (Wildman–Crippen LogP) is 1.05. The second-order valence-electron chi connectivity index (χ2n) is 7.07. The zero-order valence-electron chi connectivity index (χ0n) is 18.4. The summed E-state index contributed by atoms with van der Waals surface area (Å²) < 4.78 is 0. The van der Waals surface area contributed by atoms with Crippen molar-refractivity contribution in [1.29, 1.82) is 0 Å². The standard InChI is InChI=1S/C13H27N3O2.C5H5NO2.C2H4.H2/c1-8(2)10(12(17)14-5)15-13(18)11(9(3)4)16(6)7;1-6-4(7)2-3-5(6)8;1-2;/h8-11H,1-7H3,(H,14,17)(H,15,18);2-3H,1H3;1-2H2;1H/t10-,11-;;;/m0.../s1. The van der Waals surface area contributed by atoms with Crippen molar-refractivity contribution in [3.05, 3.63) is 25.3 Å². The molecule has 0 aliphatic carbocycles. The van der Waals surface area contributed by atoms with Gasteiger partial charge in [-0.05, 0) is 25.9 Å². The maximum atomic E-state index is 12.2. The van der Waals surface area contributed by atoms with E-state index in [9.17, 15) is 19.2 Å². The van der Waals surface area contributed by atoms with Gasteiger partial charge in [0.05, 0.1) is 6.04 Å². The second kappa shape index (κ2) is 13.7. The van der Waals surface area contributed by atoms with Crippen LogP contribution >= 0.6 is 0 Å². The van der Waals surface area contributed by atoms with Crippen molar-refractivity contribution in [3.63, 3.8) is 0 Å². The van der Waals surface area contributed by atoms with Crippen LogP contribution in [0, 0.1) is 11.8 Å². The molecule has 0 fully saturated rings. The third-order valence-corrected chi connectivity index (χ3v) is 3.98. The molecule has 1 rings (SSSR count). The number of carbonyl (C=O) groups is 4. The molecule has 0 saturated carbocycles. The summed E-state index contributed by atoms with van der Waals surface area (Å²) in [4.78, 5) is 47.7. The summed E-state index contributed by atoms with van der Waals surface area (Å²) in [6, 6.07) is -0.709. The van der Waals surface area contributed by atoms with Crippen LogP contribution in [-0.2, 0) is 19.2 Å². The third-order valence-electron chi connectivity index (χ3n) is 3.98. The van der Waals surface area contributed by atoms with E-state index >= 15 is 0 Å². The Morgan fingerprint density at radius 1 is 1.00 bits per heavy atom. The van der Waals surface area contributed by atoms with Gasteiger partial charge in [-0.2, -0.15) is 0 Å². The van der Waals surface area contributed by atoms with Gasteiger partial charge in [0.2, 0.25) is 11.8 Å². The molecule has 2 N–H and O–H groups in total. The number of carbonyl (C=O) groups excluding carboxylic acids is 4. The van der Waals surface area contributed by atoms with Crippen LogP contribution < -0.4 is 10.6 Å². The first kappa shape index (κ1) is 27.7. The summed E-state index contributed by atoms with van der Waals surface area (Å²) in [5, 5.41) is 5.42. The zero-order chi connectivity index (χ0) is 22.6. The van der Waals surface area contributed by atoms with E-state index < -0.39 is 6.04 Å². The lowest BCUT2D eigenvalue weighted by molar-refractivity contribution is -0.135. The van der Waals surface area contributed by atoms with Gasteiger partial charge in [0, 0.05) is 27.7 Å². The molecule has 1 aliphatic rings. The maximum Gasteiger partial charge on any atom is 0.253 e. The van der Waals surface area contributed by atoms with Crippen LogP contribution in [0.3, 0.4) is 0 Å². The van der Waals surface area contributed by atoms with Crippen molar-refractivity contribution < 1.29 is 20.6 Å². The monoisotopic (exact) mass is 398 g/mol. The number of imide groups is 1. The number of likely N-dealkylation sites (N-methyl/N-ethyl adjacent to an activating group) is 3. The Morgan fingerprint density at radius 2 is 1.43 bits per heavy atom. The van der Waals surface area contributed by atoms with Crippen LogP contribution in [0.25, 0.3) is 0 Å². The van der Waals surface area contributed by atoms with Crippen molar-refractivity contribution in [2.45, 2.75) is 39.8 Å². The molecule has 162 valence electrons. The normalized spacial score (nSPS) is 14.9. The molecule has 28 heavy (non-hydrogen) atoms. The minimum absolute atomic E-state index is 0. The Hall–Kier alpha value is -2.48. The molecule has 0 radical (unpaired) electrons. The summed E-state index contributed by atoms with van der Waals surface area (Å²) in [5.74, 6) is -0.483. The Kier molecular flexibility index (Phi) is 13.5. The highest BCUT2D eigenvalue weighted by Crippen LogP contribution is 2.10. The molecule has 0 aromatic rings. The van der Waals surface area contributed by atoms with E-state index in [0.717, 1.165) is 4.90 Å². The van der Waals surface area contributed by atoms with Gasteiger partial charge in [-0.1, -0.05) is 27.7 Å². The molecule has 4 amide bonds. The van der Waals surface area contributed by atoms with Crippen LogP contribution in [0.4, 0.5) is 0 Å². The first-order valence-corrected chi connectivity index (χ1v) is 9.12. The van der Waals surface area contributed by atoms with Crippen LogP contribution in [-0.4, -0.2) is 73.7 Å². The van der Waals surface area contributed by atoms with Crippen LogP contribution in [0.15, 0.2) is 25.3 Å². The fourth-order valence-corrected chi connectivity index (χ4v) is 2.54. The first-order valence-electron chi connectivity index (χ1n) is 9.12. The summed E-state index contributed by atoms with van der Waals surface area (Å²) in [7, 11) is 6.77. The number of hydrogen-bond donors (Lipinski definition) is 2. The van der Waals surface area contributed by atoms with Gasteiger partial charge < -0.3 is 10.6 Å². The number of amides is 4. The second-order valence-corrected chi connectivity index (χ2v) is 7.07. The van der Waals surface area contributed by atoms with Crippen molar-refractivity contribution >= 4 is 23.6 Å². The van der Waals surface area contributed by atoms with E-state index in [1.807, 2.05) is 46.7 Å². The highest BCUT2D eigenvalue weighted by Gasteiger charge is 2.29. The number of rotatable bonds is 6. The molecule has 0 aromatic carbocycles. The molecule has 0 bridgehead atoms. The third kappa shape index (κ3) is 8.94. The van der Waals surface area contributed by atoms with E-state index in [-0.39, 0.29) is 42.9 Å². The predicted molar refractivity (Wildman–Crippen MR) is 113 cm³/mol. The van der Waals surface area contributed by atoms with Crippen LogP contribution in [0.1, 0.15) is 29.1 Å². The van der Waals surface area contributed by atoms with Gasteiger partial charge in [-0.15, -0.1) is 13.2 Å². The number of hydrogen-bond acceptors (Lipinski definition) is 5. The molecule has 8 nitrogen and oxygen atoms in total. The fraction of sp³-hybridized carbons (Fsp3) is 0.600. The van der Waals surface area contributed by atoms with Gasteiger partial charge in [0.1, 0.15) is 6.04 Å². The molecule has 0 unspecified atom stereocenters. The van der Waals surface area contributed by atoms with Crippen LogP contribution in [0.2, 0.25) is 0 Å². The Labute approximate surface area is 170 Å². The summed E-state index contributed by atoms with van der Waals surface area (Å²) in [6.45, 7) is 13.8. The molecule has 0 spiro atoms.